The van der Waals surface area contributed by atoms with Gasteiger partial charge in [-0.25, -0.2) is 0 Å². The molecule has 1 heterocycles. The Morgan fingerprint density at radius 1 is 1.32 bits per heavy atom. The molecule has 3 rings (SSSR count). The zero-order valence-electron chi connectivity index (χ0n) is 12.6. The van der Waals surface area contributed by atoms with E-state index in [9.17, 15) is 9.59 Å². The Balaban J connectivity index is 1.68. The van der Waals surface area contributed by atoms with Crippen LogP contribution in [0.4, 0.5) is 5.69 Å². The SMILES string of the molecule is CC1Sc2ccc(C(=O)NC3CCC(N)CC3)cc2NC1=O. The summed E-state index contributed by atoms with van der Waals surface area (Å²) in [5.41, 5.74) is 7.20. The fourth-order valence-electron chi connectivity index (χ4n) is 2.88. The molecule has 1 fully saturated rings. The van der Waals surface area contributed by atoms with Crippen molar-refractivity contribution in [1.82, 2.24) is 5.32 Å². The van der Waals surface area contributed by atoms with Crippen molar-refractivity contribution >= 4 is 29.3 Å². The molecule has 2 amide bonds. The molecular formula is C16H21N3O2S. The number of hydrogen-bond donors (Lipinski definition) is 3. The minimum atomic E-state index is -0.0985. The summed E-state index contributed by atoms with van der Waals surface area (Å²) < 4.78 is 0. The second-order valence-corrected chi connectivity index (χ2v) is 7.43. The predicted octanol–water partition coefficient (Wildman–Crippen LogP) is 2.12. The van der Waals surface area contributed by atoms with Gasteiger partial charge in [-0.15, -0.1) is 11.8 Å². The topological polar surface area (TPSA) is 84.2 Å². The largest absolute Gasteiger partial charge is 0.349 e. The lowest BCUT2D eigenvalue weighted by Crippen LogP contribution is -2.40. The van der Waals surface area contributed by atoms with Crippen molar-refractivity contribution in [2.24, 2.45) is 5.73 Å². The first-order chi connectivity index (χ1) is 10.5. The van der Waals surface area contributed by atoms with Crippen molar-refractivity contribution in [3.8, 4) is 0 Å². The van der Waals surface area contributed by atoms with Gasteiger partial charge in [-0.3, -0.25) is 9.59 Å². The van der Waals surface area contributed by atoms with E-state index in [1.165, 1.54) is 11.8 Å². The monoisotopic (exact) mass is 319 g/mol. The predicted molar refractivity (Wildman–Crippen MR) is 88.1 cm³/mol. The van der Waals surface area contributed by atoms with Crippen LogP contribution in [-0.4, -0.2) is 29.1 Å². The van der Waals surface area contributed by atoms with Crippen LogP contribution in [0.1, 0.15) is 43.0 Å². The van der Waals surface area contributed by atoms with Crippen LogP contribution < -0.4 is 16.4 Å². The number of fused-ring (bicyclic) bond motifs is 1. The molecule has 0 spiro atoms. The van der Waals surface area contributed by atoms with Crippen LogP contribution in [0.25, 0.3) is 0 Å². The first kappa shape index (κ1) is 15.4. The first-order valence-electron chi connectivity index (χ1n) is 7.71. The molecule has 22 heavy (non-hydrogen) atoms. The van der Waals surface area contributed by atoms with Gasteiger partial charge in [-0.05, 0) is 50.8 Å². The van der Waals surface area contributed by atoms with Crippen molar-refractivity contribution in [3.05, 3.63) is 23.8 Å². The first-order valence-corrected chi connectivity index (χ1v) is 8.59. The molecule has 1 saturated carbocycles. The lowest BCUT2D eigenvalue weighted by Gasteiger charge is -2.27. The molecule has 1 aromatic rings. The Morgan fingerprint density at radius 2 is 2.05 bits per heavy atom. The van der Waals surface area contributed by atoms with Gasteiger partial charge in [0.2, 0.25) is 5.91 Å². The zero-order chi connectivity index (χ0) is 15.7. The molecule has 118 valence electrons. The van der Waals surface area contributed by atoms with E-state index in [1.54, 1.807) is 6.07 Å². The number of benzene rings is 1. The van der Waals surface area contributed by atoms with E-state index in [4.69, 9.17) is 5.73 Å². The maximum absolute atomic E-state index is 12.4. The van der Waals surface area contributed by atoms with Gasteiger partial charge in [0.1, 0.15) is 0 Å². The standard InChI is InChI=1S/C16H21N3O2S/c1-9-15(20)19-13-8-10(2-7-14(13)22-9)16(21)18-12-5-3-11(17)4-6-12/h2,7-9,11-12H,3-6,17H2,1H3,(H,18,21)(H,19,20). The molecule has 0 bridgehead atoms. The molecule has 1 unspecified atom stereocenters. The molecule has 5 nitrogen and oxygen atoms in total. The Labute approximate surface area is 134 Å². The van der Waals surface area contributed by atoms with Crippen molar-refractivity contribution in [1.29, 1.82) is 0 Å². The van der Waals surface area contributed by atoms with E-state index in [0.717, 1.165) is 36.3 Å². The fourth-order valence-corrected chi connectivity index (χ4v) is 3.81. The van der Waals surface area contributed by atoms with Gasteiger partial charge in [0.25, 0.3) is 5.91 Å². The molecule has 1 aromatic carbocycles. The van der Waals surface area contributed by atoms with E-state index >= 15 is 0 Å². The minimum Gasteiger partial charge on any atom is -0.349 e. The number of thioether (sulfide) groups is 1. The number of carbonyl (C=O) groups excluding carboxylic acids is 2. The number of anilines is 1. The highest BCUT2D eigenvalue weighted by atomic mass is 32.2. The zero-order valence-corrected chi connectivity index (χ0v) is 13.4. The molecule has 0 radical (unpaired) electrons. The molecule has 1 atom stereocenters. The number of amides is 2. The van der Waals surface area contributed by atoms with Crippen molar-refractivity contribution in [3.63, 3.8) is 0 Å². The van der Waals surface area contributed by atoms with Gasteiger partial charge < -0.3 is 16.4 Å². The second-order valence-electron chi connectivity index (χ2n) is 6.05. The summed E-state index contributed by atoms with van der Waals surface area (Å²) in [6, 6.07) is 5.95. The molecule has 1 aliphatic heterocycles. The van der Waals surface area contributed by atoms with Crippen LogP contribution in [0, 0.1) is 0 Å². The number of hydrogen-bond acceptors (Lipinski definition) is 4. The number of rotatable bonds is 2. The molecule has 1 aliphatic carbocycles. The van der Waals surface area contributed by atoms with E-state index in [1.807, 2.05) is 19.1 Å². The number of nitrogens with one attached hydrogen (secondary N) is 2. The molecule has 4 N–H and O–H groups in total. The summed E-state index contributed by atoms with van der Waals surface area (Å²) in [5, 5.41) is 5.83. The van der Waals surface area contributed by atoms with Gasteiger partial charge in [-0.2, -0.15) is 0 Å². The van der Waals surface area contributed by atoms with E-state index in [2.05, 4.69) is 10.6 Å². The lowest BCUT2D eigenvalue weighted by atomic mass is 9.91. The smallest absolute Gasteiger partial charge is 0.251 e. The van der Waals surface area contributed by atoms with Crippen LogP contribution in [-0.2, 0) is 4.79 Å². The Morgan fingerprint density at radius 3 is 2.77 bits per heavy atom. The minimum absolute atomic E-state index is 0.0173. The number of carbonyl (C=O) groups is 2. The summed E-state index contributed by atoms with van der Waals surface area (Å²) in [5.74, 6) is -0.0996. The molecular weight excluding hydrogens is 298 g/mol. The highest BCUT2D eigenvalue weighted by Gasteiger charge is 2.25. The van der Waals surface area contributed by atoms with Crippen molar-refractivity contribution in [2.75, 3.05) is 5.32 Å². The summed E-state index contributed by atoms with van der Waals surface area (Å²) in [6.45, 7) is 1.87. The number of nitrogens with two attached hydrogens (primary N) is 1. The summed E-state index contributed by atoms with van der Waals surface area (Å²) >= 11 is 1.52. The van der Waals surface area contributed by atoms with Crippen LogP contribution in [0.2, 0.25) is 0 Å². The second kappa shape index (κ2) is 6.30. The lowest BCUT2D eigenvalue weighted by molar-refractivity contribution is -0.115. The quantitative estimate of drug-likeness (QED) is 0.779. The molecule has 2 aliphatic rings. The average Bonchev–Trinajstić information content (AvgIpc) is 2.50. The van der Waals surface area contributed by atoms with Gasteiger partial charge in [0.05, 0.1) is 10.9 Å². The van der Waals surface area contributed by atoms with Crippen LogP contribution in [0.3, 0.4) is 0 Å². The average molecular weight is 319 g/mol. The van der Waals surface area contributed by atoms with Gasteiger partial charge >= 0.3 is 0 Å². The van der Waals surface area contributed by atoms with E-state index in [-0.39, 0.29) is 29.1 Å². The molecule has 0 aromatic heterocycles. The van der Waals surface area contributed by atoms with E-state index in [0.29, 0.717) is 5.56 Å². The third kappa shape index (κ3) is 3.28. The van der Waals surface area contributed by atoms with Crippen LogP contribution in [0.15, 0.2) is 23.1 Å². The Bertz CT molecular complexity index is 597. The Hall–Kier alpha value is -1.53. The molecule has 6 heteroatoms. The summed E-state index contributed by atoms with van der Waals surface area (Å²) in [7, 11) is 0. The molecule has 0 saturated heterocycles. The van der Waals surface area contributed by atoms with Crippen molar-refractivity contribution in [2.45, 2.75) is 54.8 Å². The summed E-state index contributed by atoms with van der Waals surface area (Å²) in [4.78, 5) is 25.1. The third-order valence-electron chi connectivity index (χ3n) is 4.28. The van der Waals surface area contributed by atoms with Crippen LogP contribution >= 0.6 is 11.8 Å². The van der Waals surface area contributed by atoms with Gasteiger partial charge in [-0.1, -0.05) is 0 Å². The highest BCUT2D eigenvalue weighted by Crippen LogP contribution is 2.35. The normalized spacial score (nSPS) is 27.7. The fraction of sp³-hybridized carbons (Fsp3) is 0.500. The van der Waals surface area contributed by atoms with Crippen LogP contribution in [0.5, 0.6) is 0 Å². The van der Waals surface area contributed by atoms with Crippen molar-refractivity contribution < 1.29 is 9.59 Å². The van der Waals surface area contributed by atoms with E-state index < -0.39 is 0 Å². The highest BCUT2D eigenvalue weighted by molar-refractivity contribution is 8.00. The summed E-state index contributed by atoms with van der Waals surface area (Å²) in [6.07, 6.45) is 3.78. The van der Waals surface area contributed by atoms with Gasteiger partial charge in [0.15, 0.2) is 0 Å². The Kier molecular flexibility index (Phi) is 4.40. The maximum atomic E-state index is 12.4. The van der Waals surface area contributed by atoms with Gasteiger partial charge in [0, 0.05) is 22.5 Å². The maximum Gasteiger partial charge on any atom is 0.251 e. The third-order valence-corrected chi connectivity index (χ3v) is 5.46.